The number of amides is 1. The molecule has 0 aliphatic carbocycles. The maximum absolute atomic E-state index is 12.6. The molecular formula is C17H21NO3. The highest BCUT2D eigenvalue weighted by Crippen LogP contribution is 2.16. The lowest BCUT2D eigenvalue weighted by Crippen LogP contribution is -2.35. The van der Waals surface area contributed by atoms with E-state index in [1.165, 1.54) is 6.26 Å². The number of aliphatic hydroxyl groups is 1. The van der Waals surface area contributed by atoms with Crippen LogP contribution in [0.15, 0.2) is 47.1 Å². The van der Waals surface area contributed by atoms with Crippen molar-refractivity contribution in [2.75, 3.05) is 13.2 Å². The van der Waals surface area contributed by atoms with Crippen LogP contribution in [0.4, 0.5) is 0 Å². The average Bonchev–Trinajstić information content (AvgIpc) is 2.93. The van der Waals surface area contributed by atoms with E-state index in [2.05, 4.69) is 0 Å². The van der Waals surface area contributed by atoms with Crippen LogP contribution in [0, 0.1) is 12.8 Å². The van der Waals surface area contributed by atoms with Crippen LogP contribution in [0.3, 0.4) is 0 Å². The van der Waals surface area contributed by atoms with Crippen molar-refractivity contribution in [1.29, 1.82) is 0 Å². The summed E-state index contributed by atoms with van der Waals surface area (Å²) in [6, 6.07) is 11.6. The normalized spacial score (nSPS) is 12.1. The standard InChI is InChI=1S/C17H21NO3/c1-13(12-19)10-18(11-15-6-4-3-5-7-15)17(20)16-14(2)8-9-21-16/h3-9,13,19H,10-12H2,1-2H3/t13-/m1/s1. The van der Waals surface area contributed by atoms with E-state index in [0.29, 0.717) is 18.8 Å². The van der Waals surface area contributed by atoms with E-state index in [1.54, 1.807) is 11.0 Å². The van der Waals surface area contributed by atoms with Crippen LogP contribution >= 0.6 is 0 Å². The fourth-order valence-corrected chi connectivity index (χ4v) is 2.19. The van der Waals surface area contributed by atoms with E-state index >= 15 is 0 Å². The van der Waals surface area contributed by atoms with Gasteiger partial charge in [-0.2, -0.15) is 0 Å². The molecule has 0 saturated carbocycles. The molecule has 0 saturated heterocycles. The molecular weight excluding hydrogens is 266 g/mol. The first-order valence-corrected chi connectivity index (χ1v) is 7.10. The van der Waals surface area contributed by atoms with Crippen molar-refractivity contribution in [3.63, 3.8) is 0 Å². The number of benzene rings is 1. The number of rotatable bonds is 6. The molecule has 1 aromatic heterocycles. The summed E-state index contributed by atoms with van der Waals surface area (Å²) in [4.78, 5) is 14.4. The topological polar surface area (TPSA) is 53.7 Å². The molecule has 1 heterocycles. The molecule has 0 aliphatic rings. The van der Waals surface area contributed by atoms with Gasteiger partial charge < -0.3 is 14.4 Å². The van der Waals surface area contributed by atoms with Crippen molar-refractivity contribution in [3.8, 4) is 0 Å². The van der Waals surface area contributed by atoms with Gasteiger partial charge in [0, 0.05) is 25.3 Å². The van der Waals surface area contributed by atoms with Gasteiger partial charge in [0.05, 0.1) is 6.26 Å². The molecule has 0 spiro atoms. The third-order valence-corrected chi connectivity index (χ3v) is 3.40. The molecule has 1 amide bonds. The fraction of sp³-hybridized carbons (Fsp3) is 0.353. The predicted molar refractivity (Wildman–Crippen MR) is 80.9 cm³/mol. The smallest absolute Gasteiger partial charge is 0.290 e. The number of nitrogens with zero attached hydrogens (tertiary/aromatic N) is 1. The Bertz CT molecular complexity index is 577. The molecule has 2 aromatic rings. The highest BCUT2D eigenvalue weighted by Gasteiger charge is 2.22. The fourth-order valence-electron chi connectivity index (χ4n) is 2.19. The van der Waals surface area contributed by atoms with E-state index in [-0.39, 0.29) is 18.4 Å². The van der Waals surface area contributed by atoms with E-state index in [1.807, 2.05) is 44.2 Å². The first-order valence-electron chi connectivity index (χ1n) is 7.10. The van der Waals surface area contributed by atoms with Crippen molar-refractivity contribution < 1.29 is 14.3 Å². The van der Waals surface area contributed by atoms with E-state index in [0.717, 1.165) is 11.1 Å². The minimum atomic E-state index is -0.137. The van der Waals surface area contributed by atoms with E-state index in [9.17, 15) is 9.90 Å². The van der Waals surface area contributed by atoms with Gasteiger partial charge in [0.15, 0.2) is 5.76 Å². The maximum atomic E-state index is 12.6. The van der Waals surface area contributed by atoms with Crippen LogP contribution in [-0.4, -0.2) is 29.1 Å². The summed E-state index contributed by atoms with van der Waals surface area (Å²) in [6.07, 6.45) is 1.53. The Morgan fingerprint density at radius 2 is 2.00 bits per heavy atom. The molecule has 1 atom stereocenters. The highest BCUT2D eigenvalue weighted by atomic mass is 16.3. The summed E-state index contributed by atoms with van der Waals surface area (Å²) >= 11 is 0. The lowest BCUT2D eigenvalue weighted by atomic mass is 10.1. The number of aliphatic hydroxyl groups excluding tert-OH is 1. The number of hydrogen-bond donors (Lipinski definition) is 1. The zero-order valence-corrected chi connectivity index (χ0v) is 12.5. The lowest BCUT2D eigenvalue weighted by Gasteiger charge is -2.25. The molecule has 0 fully saturated rings. The van der Waals surface area contributed by atoms with Gasteiger partial charge in [-0.3, -0.25) is 4.79 Å². The van der Waals surface area contributed by atoms with Gasteiger partial charge >= 0.3 is 0 Å². The number of carbonyl (C=O) groups is 1. The largest absolute Gasteiger partial charge is 0.459 e. The Balaban J connectivity index is 2.19. The van der Waals surface area contributed by atoms with Crippen molar-refractivity contribution in [1.82, 2.24) is 4.90 Å². The Morgan fingerprint density at radius 1 is 1.29 bits per heavy atom. The summed E-state index contributed by atoms with van der Waals surface area (Å²) in [5, 5.41) is 9.26. The Labute approximate surface area is 125 Å². The van der Waals surface area contributed by atoms with Gasteiger partial charge in [-0.1, -0.05) is 37.3 Å². The summed E-state index contributed by atoms with van der Waals surface area (Å²) < 4.78 is 5.31. The SMILES string of the molecule is Cc1ccoc1C(=O)N(Cc1ccccc1)C[C@@H](C)CO. The molecule has 4 heteroatoms. The Hall–Kier alpha value is -2.07. The first-order chi connectivity index (χ1) is 10.1. The molecule has 0 bridgehead atoms. The molecule has 1 N–H and O–H groups in total. The Morgan fingerprint density at radius 3 is 2.57 bits per heavy atom. The van der Waals surface area contributed by atoms with Crippen molar-refractivity contribution >= 4 is 5.91 Å². The van der Waals surface area contributed by atoms with Gasteiger partial charge in [0.1, 0.15) is 0 Å². The van der Waals surface area contributed by atoms with Crippen molar-refractivity contribution in [3.05, 3.63) is 59.5 Å². The van der Waals surface area contributed by atoms with Crippen molar-refractivity contribution in [2.24, 2.45) is 5.92 Å². The lowest BCUT2D eigenvalue weighted by molar-refractivity contribution is 0.0661. The van der Waals surface area contributed by atoms with Crippen LogP contribution in [-0.2, 0) is 6.54 Å². The predicted octanol–water partition coefficient (Wildman–Crippen LogP) is 2.86. The molecule has 2 rings (SSSR count). The first kappa shape index (κ1) is 15.3. The molecule has 21 heavy (non-hydrogen) atoms. The number of furan rings is 1. The summed E-state index contributed by atoms with van der Waals surface area (Å²) in [6.45, 7) is 4.82. The molecule has 0 radical (unpaired) electrons. The van der Waals surface area contributed by atoms with Gasteiger partial charge in [-0.15, -0.1) is 0 Å². The molecule has 0 unspecified atom stereocenters. The van der Waals surface area contributed by atoms with Crippen LogP contribution in [0.1, 0.15) is 28.6 Å². The van der Waals surface area contributed by atoms with Gasteiger partial charge in [-0.05, 0) is 24.5 Å². The minimum absolute atomic E-state index is 0.0212. The van der Waals surface area contributed by atoms with Crippen LogP contribution < -0.4 is 0 Å². The average molecular weight is 287 g/mol. The van der Waals surface area contributed by atoms with Gasteiger partial charge in [0.2, 0.25) is 0 Å². The monoisotopic (exact) mass is 287 g/mol. The number of hydrogen-bond acceptors (Lipinski definition) is 3. The Kier molecular flexibility index (Phi) is 5.17. The maximum Gasteiger partial charge on any atom is 0.290 e. The highest BCUT2D eigenvalue weighted by molar-refractivity contribution is 5.92. The number of aryl methyl sites for hydroxylation is 1. The zero-order chi connectivity index (χ0) is 15.2. The van der Waals surface area contributed by atoms with Gasteiger partial charge in [0.25, 0.3) is 5.91 Å². The van der Waals surface area contributed by atoms with Crippen LogP contribution in [0.25, 0.3) is 0 Å². The van der Waals surface area contributed by atoms with Crippen LogP contribution in [0.2, 0.25) is 0 Å². The van der Waals surface area contributed by atoms with E-state index in [4.69, 9.17) is 4.42 Å². The molecule has 4 nitrogen and oxygen atoms in total. The molecule has 112 valence electrons. The summed E-state index contributed by atoms with van der Waals surface area (Å²) in [5.74, 6) is 0.255. The van der Waals surface area contributed by atoms with E-state index < -0.39 is 0 Å². The number of carbonyl (C=O) groups excluding carboxylic acids is 1. The second-order valence-corrected chi connectivity index (χ2v) is 5.39. The third kappa shape index (κ3) is 3.95. The second-order valence-electron chi connectivity index (χ2n) is 5.39. The van der Waals surface area contributed by atoms with Crippen LogP contribution in [0.5, 0.6) is 0 Å². The summed E-state index contributed by atoms with van der Waals surface area (Å²) in [5.41, 5.74) is 1.88. The van der Waals surface area contributed by atoms with Gasteiger partial charge in [-0.25, -0.2) is 0 Å². The summed E-state index contributed by atoms with van der Waals surface area (Å²) in [7, 11) is 0. The molecule has 1 aromatic carbocycles. The second kappa shape index (κ2) is 7.09. The molecule has 0 aliphatic heterocycles. The minimum Gasteiger partial charge on any atom is -0.459 e. The van der Waals surface area contributed by atoms with Crippen molar-refractivity contribution in [2.45, 2.75) is 20.4 Å². The zero-order valence-electron chi connectivity index (χ0n) is 12.5. The quantitative estimate of drug-likeness (QED) is 0.889. The third-order valence-electron chi connectivity index (χ3n) is 3.40.